The summed E-state index contributed by atoms with van der Waals surface area (Å²) in [5.41, 5.74) is 2.51. The number of hydrogen-bond donors (Lipinski definition) is 1. The zero-order chi connectivity index (χ0) is 21.8. The maximum Gasteiger partial charge on any atom is 0.292 e. The van der Waals surface area contributed by atoms with Gasteiger partial charge < -0.3 is 15.1 Å². The lowest BCUT2D eigenvalue weighted by atomic mass is 9.95. The summed E-state index contributed by atoms with van der Waals surface area (Å²) in [6, 6.07) is 12.5. The molecule has 1 N–H and O–H groups in total. The van der Waals surface area contributed by atoms with Crippen LogP contribution in [0.4, 0.5) is 22.7 Å². The molecule has 0 bridgehead atoms. The predicted octanol–water partition coefficient (Wildman–Crippen LogP) is 5.09. The van der Waals surface area contributed by atoms with E-state index in [4.69, 9.17) is 11.6 Å². The van der Waals surface area contributed by atoms with Gasteiger partial charge in [0.25, 0.3) is 5.69 Å². The second-order valence-electron chi connectivity index (χ2n) is 8.21. The van der Waals surface area contributed by atoms with Crippen LogP contribution in [0, 0.1) is 16.0 Å². The fraction of sp³-hybridized carbons (Fsp3) is 0.435. The number of carbonyl (C=O) groups is 1. The first-order valence-corrected chi connectivity index (χ1v) is 11.2. The Morgan fingerprint density at radius 3 is 2.35 bits per heavy atom. The van der Waals surface area contributed by atoms with Crippen LogP contribution in [-0.4, -0.2) is 37.0 Å². The smallest absolute Gasteiger partial charge is 0.292 e. The van der Waals surface area contributed by atoms with Crippen molar-refractivity contribution in [3.05, 3.63) is 57.6 Å². The van der Waals surface area contributed by atoms with Gasteiger partial charge in [0.1, 0.15) is 5.69 Å². The molecule has 0 aliphatic carbocycles. The minimum atomic E-state index is -0.352. The van der Waals surface area contributed by atoms with Gasteiger partial charge in [-0.25, -0.2) is 0 Å². The summed E-state index contributed by atoms with van der Waals surface area (Å²) in [6.45, 7) is 3.19. The molecule has 4 rings (SSSR count). The first-order chi connectivity index (χ1) is 15.0. The molecule has 2 saturated heterocycles. The van der Waals surface area contributed by atoms with E-state index in [-0.39, 0.29) is 22.4 Å². The lowest BCUT2D eigenvalue weighted by Gasteiger charge is -2.33. The number of nitro groups is 1. The monoisotopic (exact) mass is 442 g/mol. The number of benzene rings is 2. The Bertz CT molecular complexity index is 954. The summed E-state index contributed by atoms with van der Waals surface area (Å²) in [6.07, 6.45) is 4.85. The summed E-state index contributed by atoms with van der Waals surface area (Å²) in [5, 5.41) is 15.0. The van der Waals surface area contributed by atoms with E-state index in [1.807, 2.05) is 29.2 Å². The molecule has 2 aromatic rings. The van der Waals surface area contributed by atoms with Crippen LogP contribution in [0.25, 0.3) is 0 Å². The van der Waals surface area contributed by atoms with Crippen molar-refractivity contribution in [3.8, 4) is 0 Å². The van der Waals surface area contributed by atoms with Crippen molar-refractivity contribution in [1.82, 2.24) is 0 Å². The van der Waals surface area contributed by atoms with Crippen molar-refractivity contribution in [2.24, 2.45) is 5.92 Å². The van der Waals surface area contributed by atoms with E-state index >= 15 is 0 Å². The molecule has 164 valence electrons. The van der Waals surface area contributed by atoms with Crippen LogP contribution in [0.15, 0.2) is 42.5 Å². The number of piperidine rings is 2. The molecule has 2 aromatic carbocycles. The largest absolute Gasteiger partial charge is 0.370 e. The molecule has 0 radical (unpaired) electrons. The van der Waals surface area contributed by atoms with Crippen LogP contribution in [0.5, 0.6) is 0 Å². The summed E-state index contributed by atoms with van der Waals surface area (Å²) < 4.78 is 0. The van der Waals surface area contributed by atoms with Gasteiger partial charge in [0.15, 0.2) is 0 Å². The summed E-state index contributed by atoms with van der Waals surface area (Å²) >= 11 is 6.22. The molecule has 0 atom stereocenters. The first-order valence-electron chi connectivity index (χ1n) is 10.9. The van der Waals surface area contributed by atoms with E-state index in [0.29, 0.717) is 36.6 Å². The van der Waals surface area contributed by atoms with Crippen molar-refractivity contribution in [2.75, 3.05) is 41.3 Å². The van der Waals surface area contributed by atoms with Crippen LogP contribution < -0.4 is 15.1 Å². The maximum atomic E-state index is 13.0. The molecule has 0 aromatic heterocycles. The number of anilines is 3. The number of carbonyl (C=O) groups excluding carboxylic acids is 1. The Labute approximate surface area is 187 Å². The predicted molar refractivity (Wildman–Crippen MR) is 124 cm³/mol. The van der Waals surface area contributed by atoms with Crippen LogP contribution in [0.1, 0.15) is 32.1 Å². The Kier molecular flexibility index (Phi) is 6.61. The molecule has 0 saturated carbocycles. The van der Waals surface area contributed by atoms with Gasteiger partial charge in [-0.15, -0.1) is 0 Å². The third kappa shape index (κ3) is 4.93. The lowest BCUT2D eigenvalue weighted by Crippen LogP contribution is -2.38. The molecule has 8 heteroatoms. The van der Waals surface area contributed by atoms with Crippen LogP contribution >= 0.6 is 11.6 Å². The summed E-state index contributed by atoms with van der Waals surface area (Å²) in [4.78, 5) is 28.3. The third-order valence-corrected chi connectivity index (χ3v) is 6.43. The van der Waals surface area contributed by atoms with Crippen molar-refractivity contribution < 1.29 is 9.72 Å². The standard InChI is InChI=1S/C23H27ClN4O3/c24-18-8-9-20(26-12-4-1-5-13-26)19(16-18)25-23(29)17-10-14-27(15-11-17)21-6-2-3-7-22(21)28(30)31/h2-3,6-9,16-17H,1,4-5,10-15H2,(H,25,29). The van der Waals surface area contributed by atoms with Gasteiger partial charge in [0.05, 0.1) is 16.3 Å². The minimum Gasteiger partial charge on any atom is -0.370 e. The highest BCUT2D eigenvalue weighted by Crippen LogP contribution is 2.34. The highest BCUT2D eigenvalue weighted by atomic mass is 35.5. The normalized spacial score (nSPS) is 17.5. The van der Waals surface area contributed by atoms with Crippen molar-refractivity contribution in [2.45, 2.75) is 32.1 Å². The molecule has 7 nitrogen and oxygen atoms in total. The average molecular weight is 443 g/mol. The maximum absolute atomic E-state index is 13.0. The first kappa shape index (κ1) is 21.4. The van der Waals surface area contributed by atoms with E-state index in [9.17, 15) is 14.9 Å². The average Bonchev–Trinajstić information content (AvgIpc) is 2.80. The minimum absolute atomic E-state index is 0.0114. The number of nitrogens with zero attached hydrogens (tertiary/aromatic N) is 3. The van der Waals surface area contributed by atoms with E-state index in [2.05, 4.69) is 10.2 Å². The van der Waals surface area contributed by atoms with Gasteiger partial charge in [-0.2, -0.15) is 0 Å². The molecule has 1 amide bonds. The third-order valence-electron chi connectivity index (χ3n) is 6.20. The van der Waals surface area contributed by atoms with Crippen molar-refractivity contribution >= 4 is 40.3 Å². The SMILES string of the molecule is O=C(Nc1cc(Cl)ccc1N1CCCCC1)C1CCN(c2ccccc2[N+](=O)[O-])CC1. The number of halogens is 1. The van der Waals surface area contributed by atoms with Crippen LogP contribution in [0.3, 0.4) is 0 Å². The molecule has 2 aliphatic rings. The Hall–Kier alpha value is -2.80. The van der Waals surface area contributed by atoms with E-state index in [1.165, 1.54) is 12.5 Å². The molecule has 0 spiro atoms. The Balaban J connectivity index is 1.42. The van der Waals surface area contributed by atoms with Crippen molar-refractivity contribution in [1.29, 1.82) is 0 Å². The van der Waals surface area contributed by atoms with E-state index in [0.717, 1.165) is 37.3 Å². The molecule has 31 heavy (non-hydrogen) atoms. The Morgan fingerprint density at radius 1 is 0.968 bits per heavy atom. The summed E-state index contributed by atoms with van der Waals surface area (Å²) in [5.74, 6) is -0.144. The van der Waals surface area contributed by atoms with Gasteiger partial charge in [0, 0.05) is 43.2 Å². The molecular formula is C23H27ClN4O3. The molecular weight excluding hydrogens is 416 g/mol. The van der Waals surface area contributed by atoms with Gasteiger partial charge in [-0.05, 0) is 56.4 Å². The van der Waals surface area contributed by atoms with Crippen molar-refractivity contribution in [3.63, 3.8) is 0 Å². The Morgan fingerprint density at radius 2 is 1.65 bits per heavy atom. The van der Waals surface area contributed by atoms with E-state index in [1.54, 1.807) is 12.1 Å². The van der Waals surface area contributed by atoms with Gasteiger partial charge in [-0.3, -0.25) is 14.9 Å². The van der Waals surface area contributed by atoms with E-state index < -0.39 is 0 Å². The number of amides is 1. The lowest BCUT2D eigenvalue weighted by molar-refractivity contribution is -0.384. The fourth-order valence-corrected chi connectivity index (χ4v) is 4.69. The zero-order valence-electron chi connectivity index (χ0n) is 17.4. The van der Waals surface area contributed by atoms with Gasteiger partial charge >= 0.3 is 0 Å². The fourth-order valence-electron chi connectivity index (χ4n) is 4.52. The van der Waals surface area contributed by atoms with Gasteiger partial charge in [-0.1, -0.05) is 23.7 Å². The number of para-hydroxylation sites is 2. The summed E-state index contributed by atoms with van der Waals surface area (Å²) in [7, 11) is 0. The second-order valence-corrected chi connectivity index (χ2v) is 8.64. The van der Waals surface area contributed by atoms with Crippen LogP contribution in [0.2, 0.25) is 5.02 Å². The zero-order valence-corrected chi connectivity index (χ0v) is 18.2. The number of nitro benzene ring substituents is 1. The highest BCUT2D eigenvalue weighted by molar-refractivity contribution is 6.31. The second kappa shape index (κ2) is 9.56. The topological polar surface area (TPSA) is 78.7 Å². The van der Waals surface area contributed by atoms with Gasteiger partial charge in [0.2, 0.25) is 5.91 Å². The molecule has 2 aliphatic heterocycles. The van der Waals surface area contributed by atoms with Crippen LogP contribution in [-0.2, 0) is 4.79 Å². The number of hydrogen-bond acceptors (Lipinski definition) is 5. The highest BCUT2D eigenvalue weighted by Gasteiger charge is 2.29. The molecule has 2 heterocycles. The number of rotatable bonds is 5. The molecule has 2 fully saturated rings. The molecule has 0 unspecified atom stereocenters. The quantitative estimate of drug-likeness (QED) is 0.515. The number of nitrogens with one attached hydrogen (secondary N) is 1.